The SMILES string of the molecule is CCN(C(=O)C1CCCN(C(=O)c2cccs2)C1)C1CCS(=O)(=O)C1. The maximum absolute atomic E-state index is 13.0. The van der Waals surface area contributed by atoms with Crippen molar-refractivity contribution in [1.29, 1.82) is 0 Å². The van der Waals surface area contributed by atoms with E-state index in [1.54, 1.807) is 15.9 Å². The molecule has 1 aromatic heterocycles. The third kappa shape index (κ3) is 4.06. The molecule has 3 rings (SSSR count). The number of hydrogen-bond donors (Lipinski definition) is 0. The van der Waals surface area contributed by atoms with Gasteiger partial charge >= 0.3 is 0 Å². The fourth-order valence-electron chi connectivity index (χ4n) is 3.77. The second kappa shape index (κ2) is 7.45. The van der Waals surface area contributed by atoms with E-state index in [0.29, 0.717) is 30.9 Å². The first-order chi connectivity index (χ1) is 11.9. The van der Waals surface area contributed by atoms with Gasteiger partial charge < -0.3 is 9.80 Å². The molecule has 2 saturated heterocycles. The maximum Gasteiger partial charge on any atom is 0.263 e. The molecule has 0 saturated carbocycles. The lowest BCUT2D eigenvalue weighted by Crippen LogP contribution is -2.49. The quantitative estimate of drug-likeness (QED) is 0.791. The summed E-state index contributed by atoms with van der Waals surface area (Å²) in [5.41, 5.74) is 0. The first kappa shape index (κ1) is 18.4. The Kier molecular flexibility index (Phi) is 5.48. The molecule has 0 aromatic carbocycles. The Hall–Kier alpha value is -1.41. The van der Waals surface area contributed by atoms with E-state index in [1.807, 2.05) is 18.4 Å². The molecule has 0 spiro atoms. The van der Waals surface area contributed by atoms with E-state index < -0.39 is 9.84 Å². The highest BCUT2D eigenvalue weighted by Gasteiger charge is 2.38. The van der Waals surface area contributed by atoms with E-state index in [-0.39, 0.29) is 35.3 Å². The number of hydrogen-bond acceptors (Lipinski definition) is 5. The molecule has 2 unspecified atom stereocenters. The Morgan fingerprint density at radius 2 is 2.16 bits per heavy atom. The van der Waals surface area contributed by atoms with Crippen molar-refractivity contribution in [1.82, 2.24) is 9.80 Å². The van der Waals surface area contributed by atoms with E-state index >= 15 is 0 Å². The summed E-state index contributed by atoms with van der Waals surface area (Å²) in [4.78, 5) is 29.7. The Labute approximate surface area is 152 Å². The zero-order chi connectivity index (χ0) is 18.0. The van der Waals surface area contributed by atoms with Crippen molar-refractivity contribution in [2.24, 2.45) is 5.92 Å². The normalized spacial score (nSPS) is 25.7. The molecule has 2 aliphatic rings. The van der Waals surface area contributed by atoms with Crippen LogP contribution in [0.1, 0.15) is 35.9 Å². The topological polar surface area (TPSA) is 74.8 Å². The van der Waals surface area contributed by atoms with Crippen molar-refractivity contribution < 1.29 is 18.0 Å². The molecule has 0 radical (unpaired) electrons. The van der Waals surface area contributed by atoms with Crippen LogP contribution in [0, 0.1) is 5.92 Å². The Morgan fingerprint density at radius 1 is 1.36 bits per heavy atom. The zero-order valence-corrected chi connectivity index (χ0v) is 16.0. The molecule has 0 bridgehead atoms. The lowest BCUT2D eigenvalue weighted by molar-refractivity contribution is -0.138. The van der Waals surface area contributed by atoms with Gasteiger partial charge in [-0.15, -0.1) is 11.3 Å². The largest absolute Gasteiger partial charge is 0.339 e. The van der Waals surface area contributed by atoms with Crippen LogP contribution in [0.2, 0.25) is 0 Å². The molecule has 0 N–H and O–H groups in total. The zero-order valence-electron chi connectivity index (χ0n) is 14.4. The number of carbonyl (C=O) groups is 2. The van der Waals surface area contributed by atoms with Crippen molar-refractivity contribution in [3.8, 4) is 0 Å². The average Bonchev–Trinajstić information content (AvgIpc) is 3.25. The highest BCUT2D eigenvalue weighted by molar-refractivity contribution is 7.91. The number of carbonyl (C=O) groups excluding carboxylic acids is 2. The predicted octanol–water partition coefficient (Wildman–Crippen LogP) is 1.64. The lowest BCUT2D eigenvalue weighted by atomic mass is 9.95. The van der Waals surface area contributed by atoms with Gasteiger partial charge in [-0.05, 0) is 37.6 Å². The van der Waals surface area contributed by atoms with Gasteiger partial charge in [-0.3, -0.25) is 9.59 Å². The molecule has 2 aliphatic heterocycles. The van der Waals surface area contributed by atoms with Gasteiger partial charge in [0.2, 0.25) is 5.91 Å². The van der Waals surface area contributed by atoms with E-state index in [0.717, 1.165) is 12.8 Å². The van der Waals surface area contributed by atoms with Gasteiger partial charge in [0.05, 0.1) is 22.3 Å². The molecule has 138 valence electrons. The fraction of sp³-hybridized carbons (Fsp3) is 0.647. The van der Waals surface area contributed by atoms with Crippen LogP contribution >= 0.6 is 11.3 Å². The Morgan fingerprint density at radius 3 is 2.76 bits per heavy atom. The van der Waals surface area contributed by atoms with E-state index in [1.165, 1.54) is 11.3 Å². The second-order valence-electron chi connectivity index (χ2n) is 6.75. The first-order valence-electron chi connectivity index (χ1n) is 8.75. The number of nitrogens with zero attached hydrogens (tertiary/aromatic N) is 2. The van der Waals surface area contributed by atoms with E-state index in [9.17, 15) is 18.0 Å². The highest BCUT2D eigenvalue weighted by atomic mass is 32.2. The molecule has 2 fully saturated rings. The van der Waals surface area contributed by atoms with Crippen molar-refractivity contribution in [2.45, 2.75) is 32.2 Å². The maximum atomic E-state index is 13.0. The van der Waals surface area contributed by atoms with Gasteiger partial charge in [0, 0.05) is 25.7 Å². The summed E-state index contributed by atoms with van der Waals surface area (Å²) in [5, 5.41) is 1.87. The Bertz CT molecular complexity index is 730. The summed E-state index contributed by atoms with van der Waals surface area (Å²) < 4.78 is 23.5. The van der Waals surface area contributed by atoms with Crippen LogP contribution in [0.4, 0.5) is 0 Å². The van der Waals surface area contributed by atoms with E-state index in [2.05, 4.69) is 0 Å². The van der Waals surface area contributed by atoms with Crippen LogP contribution in [0.25, 0.3) is 0 Å². The lowest BCUT2D eigenvalue weighted by Gasteiger charge is -2.36. The van der Waals surface area contributed by atoms with Gasteiger partial charge in [-0.25, -0.2) is 8.42 Å². The van der Waals surface area contributed by atoms with Crippen LogP contribution in [0.5, 0.6) is 0 Å². The predicted molar refractivity (Wildman–Crippen MR) is 97.4 cm³/mol. The molecule has 2 amide bonds. The molecule has 6 nitrogen and oxygen atoms in total. The van der Waals surface area contributed by atoms with Crippen LogP contribution in [0.3, 0.4) is 0 Å². The molecule has 25 heavy (non-hydrogen) atoms. The van der Waals surface area contributed by atoms with Crippen LogP contribution < -0.4 is 0 Å². The molecule has 8 heteroatoms. The summed E-state index contributed by atoms with van der Waals surface area (Å²) in [6.45, 7) is 3.49. The molecule has 2 atom stereocenters. The molecular formula is C17H24N2O4S2. The highest BCUT2D eigenvalue weighted by Crippen LogP contribution is 2.25. The van der Waals surface area contributed by atoms with Crippen molar-refractivity contribution in [3.05, 3.63) is 22.4 Å². The van der Waals surface area contributed by atoms with Gasteiger partial charge in [0.25, 0.3) is 5.91 Å². The number of amides is 2. The van der Waals surface area contributed by atoms with E-state index in [4.69, 9.17) is 0 Å². The van der Waals surface area contributed by atoms with Crippen molar-refractivity contribution >= 4 is 33.0 Å². The van der Waals surface area contributed by atoms with Crippen molar-refractivity contribution in [2.75, 3.05) is 31.1 Å². The van der Waals surface area contributed by atoms with Crippen LogP contribution in [0.15, 0.2) is 17.5 Å². The number of likely N-dealkylation sites (tertiary alicyclic amines) is 1. The van der Waals surface area contributed by atoms with Gasteiger partial charge in [-0.2, -0.15) is 0 Å². The molecule has 3 heterocycles. The van der Waals surface area contributed by atoms with Gasteiger partial charge in [0.1, 0.15) is 0 Å². The van der Waals surface area contributed by atoms with Crippen LogP contribution in [-0.4, -0.2) is 67.2 Å². The summed E-state index contributed by atoms with van der Waals surface area (Å²) >= 11 is 1.41. The summed E-state index contributed by atoms with van der Waals surface area (Å²) in [6.07, 6.45) is 2.07. The number of piperidine rings is 1. The summed E-state index contributed by atoms with van der Waals surface area (Å²) in [6, 6.07) is 3.44. The summed E-state index contributed by atoms with van der Waals surface area (Å²) in [7, 11) is -3.03. The van der Waals surface area contributed by atoms with Gasteiger partial charge in [0.15, 0.2) is 9.84 Å². The van der Waals surface area contributed by atoms with Crippen molar-refractivity contribution in [3.63, 3.8) is 0 Å². The number of thiophene rings is 1. The minimum absolute atomic E-state index is 0.00622. The summed E-state index contributed by atoms with van der Waals surface area (Å²) in [5.74, 6) is -0.0279. The standard InChI is InChI=1S/C17H24N2O4S2/c1-2-19(14-7-10-25(22,23)12-14)16(20)13-5-3-8-18(11-13)17(21)15-6-4-9-24-15/h4,6,9,13-14H,2-3,5,7-8,10-12H2,1H3. The monoisotopic (exact) mass is 384 g/mol. The molecular weight excluding hydrogens is 360 g/mol. The van der Waals surface area contributed by atoms with Gasteiger partial charge in [-0.1, -0.05) is 6.07 Å². The first-order valence-corrected chi connectivity index (χ1v) is 11.4. The third-order valence-electron chi connectivity index (χ3n) is 5.06. The molecule has 1 aromatic rings. The smallest absolute Gasteiger partial charge is 0.263 e. The van der Waals surface area contributed by atoms with Crippen LogP contribution in [-0.2, 0) is 14.6 Å². The molecule has 0 aliphatic carbocycles. The Balaban J connectivity index is 1.67. The fourth-order valence-corrected chi connectivity index (χ4v) is 6.19. The number of sulfone groups is 1. The third-order valence-corrected chi connectivity index (χ3v) is 7.67. The number of rotatable bonds is 4. The minimum atomic E-state index is -3.03. The average molecular weight is 385 g/mol. The second-order valence-corrected chi connectivity index (χ2v) is 9.93. The minimum Gasteiger partial charge on any atom is -0.339 e.